The smallest absolute Gasteiger partial charge is 0.320 e. The zero-order valence-corrected chi connectivity index (χ0v) is 12.1. The van der Waals surface area contributed by atoms with Gasteiger partial charge < -0.3 is 5.32 Å². The number of hydrogen-bond donors (Lipinski definition) is 1. The van der Waals surface area contributed by atoms with E-state index in [1.165, 1.54) is 11.0 Å². The van der Waals surface area contributed by atoms with E-state index in [1.807, 2.05) is 0 Å². The van der Waals surface area contributed by atoms with E-state index < -0.39 is 17.0 Å². The zero-order valence-electron chi connectivity index (χ0n) is 11.4. The summed E-state index contributed by atoms with van der Waals surface area (Å²) in [7, 11) is 0. The van der Waals surface area contributed by atoms with Crippen molar-refractivity contribution in [3.8, 4) is 0 Å². The van der Waals surface area contributed by atoms with Gasteiger partial charge in [0, 0.05) is 17.1 Å². The maximum atomic E-state index is 12.1. The Morgan fingerprint density at radius 3 is 2.76 bits per heavy atom. The topological polar surface area (TPSA) is 75.5 Å². The first-order chi connectivity index (χ1) is 9.97. The van der Waals surface area contributed by atoms with Crippen LogP contribution in [0.15, 0.2) is 48.3 Å². The van der Waals surface area contributed by atoms with Gasteiger partial charge in [-0.3, -0.25) is 15.0 Å². The largest absolute Gasteiger partial charge is 0.323 e. The van der Waals surface area contributed by atoms with Gasteiger partial charge in [0.1, 0.15) is 0 Å². The van der Waals surface area contributed by atoms with Crippen LogP contribution in [-0.4, -0.2) is 22.4 Å². The maximum absolute atomic E-state index is 12.1. The summed E-state index contributed by atoms with van der Waals surface area (Å²) in [4.78, 5) is 24.3. The first kappa shape index (κ1) is 15.1. The molecule has 110 valence electrons. The summed E-state index contributed by atoms with van der Waals surface area (Å²) in [5.74, 6) is 0. The van der Waals surface area contributed by atoms with Crippen LogP contribution in [0.1, 0.15) is 18.5 Å². The number of rotatable bonds is 4. The second-order valence-corrected chi connectivity index (χ2v) is 4.94. The molecule has 1 heterocycles. The Kier molecular flexibility index (Phi) is 4.28. The maximum Gasteiger partial charge on any atom is 0.323 e. The van der Waals surface area contributed by atoms with Gasteiger partial charge in [-0.25, -0.2) is 4.79 Å². The Bertz CT molecular complexity index is 642. The van der Waals surface area contributed by atoms with Gasteiger partial charge in [-0.1, -0.05) is 35.9 Å². The molecule has 0 saturated heterocycles. The van der Waals surface area contributed by atoms with E-state index in [2.05, 4.69) is 11.9 Å². The Morgan fingerprint density at radius 1 is 1.52 bits per heavy atom. The fraction of sp³-hybridized carbons (Fsp3) is 0.214. The van der Waals surface area contributed by atoms with E-state index >= 15 is 0 Å². The number of hydrogen-bond acceptors (Lipinski definition) is 3. The lowest BCUT2D eigenvalue weighted by Crippen LogP contribution is -2.47. The van der Waals surface area contributed by atoms with Crippen LogP contribution >= 0.6 is 11.6 Å². The van der Waals surface area contributed by atoms with Crippen molar-refractivity contribution in [2.45, 2.75) is 13.0 Å². The minimum absolute atomic E-state index is 0.0930. The van der Waals surface area contributed by atoms with Crippen molar-refractivity contribution < 1.29 is 9.72 Å². The minimum atomic E-state index is -0.873. The van der Waals surface area contributed by atoms with Crippen LogP contribution < -0.4 is 5.32 Å². The number of benzene rings is 1. The molecular formula is C14H14ClN3O3. The summed E-state index contributed by atoms with van der Waals surface area (Å²) in [5, 5.41) is 14.4. The highest BCUT2D eigenvalue weighted by Gasteiger charge is 2.39. The predicted molar refractivity (Wildman–Crippen MR) is 79.3 cm³/mol. The standard InChI is InChI=1S/C14H14ClN3O3/c1-3-8-17-9(2)13(18(20)21)12(16-14(17)19)10-6-4-5-7-11(10)15/h3-7,12H,1,8H2,2H3,(H,16,19). The van der Waals surface area contributed by atoms with E-state index in [0.717, 1.165) is 0 Å². The first-order valence-electron chi connectivity index (χ1n) is 6.26. The molecule has 1 atom stereocenters. The molecule has 2 rings (SSSR count). The third-order valence-electron chi connectivity index (χ3n) is 3.29. The number of halogens is 1. The van der Waals surface area contributed by atoms with Crippen molar-refractivity contribution in [3.63, 3.8) is 0 Å². The van der Waals surface area contributed by atoms with Gasteiger partial charge in [0.15, 0.2) is 6.04 Å². The highest BCUT2D eigenvalue weighted by atomic mass is 35.5. The predicted octanol–water partition coefficient (Wildman–Crippen LogP) is 3.10. The van der Waals surface area contributed by atoms with Gasteiger partial charge in [0.25, 0.3) is 5.70 Å². The van der Waals surface area contributed by atoms with Gasteiger partial charge in [0.2, 0.25) is 0 Å². The molecule has 6 nitrogen and oxygen atoms in total. The molecule has 0 aliphatic carbocycles. The van der Waals surface area contributed by atoms with E-state index in [-0.39, 0.29) is 17.9 Å². The lowest BCUT2D eigenvalue weighted by Gasteiger charge is -2.31. The fourth-order valence-corrected chi connectivity index (χ4v) is 2.53. The average molecular weight is 308 g/mol. The molecule has 7 heteroatoms. The Hall–Kier alpha value is -2.34. The number of carbonyl (C=O) groups excluding carboxylic acids is 1. The van der Waals surface area contributed by atoms with E-state index in [0.29, 0.717) is 10.6 Å². The Labute approximate surface area is 126 Å². The van der Waals surface area contributed by atoms with Crippen LogP contribution in [0.5, 0.6) is 0 Å². The molecule has 1 unspecified atom stereocenters. The lowest BCUT2D eigenvalue weighted by molar-refractivity contribution is -0.433. The highest BCUT2D eigenvalue weighted by molar-refractivity contribution is 6.31. The Morgan fingerprint density at radius 2 is 2.19 bits per heavy atom. The van der Waals surface area contributed by atoms with Crippen molar-refractivity contribution in [2.24, 2.45) is 0 Å². The van der Waals surface area contributed by atoms with E-state index in [9.17, 15) is 14.9 Å². The lowest BCUT2D eigenvalue weighted by atomic mass is 10.0. The van der Waals surface area contributed by atoms with Crippen LogP contribution in [0.25, 0.3) is 0 Å². The summed E-state index contributed by atoms with van der Waals surface area (Å²) in [6.45, 7) is 5.29. The number of nitrogens with one attached hydrogen (secondary N) is 1. The zero-order chi connectivity index (χ0) is 15.6. The highest BCUT2D eigenvalue weighted by Crippen LogP contribution is 2.33. The van der Waals surface area contributed by atoms with Crippen molar-refractivity contribution in [3.05, 3.63) is 69.0 Å². The second kappa shape index (κ2) is 5.97. The molecule has 1 N–H and O–H groups in total. The summed E-state index contributed by atoms with van der Waals surface area (Å²) in [5.41, 5.74) is 0.690. The van der Waals surface area contributed by atoms with Crippen LogP contribution in [0.3, 0.4) is 0 Å². The van der Waals surface area contributed by atoms with Crippen LogP contribution in [0.2, 0.25) is 5.02 Å². The second-order valence-electron chi connectivity index (χ2n) is 4.53. The molecule has 2 amide bonds. The molecular weight excluding hydrogens is 294 g/mol. The molecule has 0 fully saturated rings. The van der Waals surface area contributed by atoms with Crippen molar-refractivity contribution in [1.82, 2.24) is 10.2 Å². The summed E-state index contributed by atoms with van der Waals surface area (Å²) in [6, 6.07) is 5.45. The van der Waals surface area contributed by atoms with Gasteiger partial charge in [-0.15, -0.1) is 6.58 Å². The summed E-state index contributed by atoms with van der Waals surface area (Å²) < 4.78 is 0. The molecule has 1 aliphatic heterocycles. The third-order valence-corrected chi connectivity index (χ3v) is 3.63. The van der Waals surface area contributed by atoms with Crippen LogP contribution in [0.4, 0.5) is 4.79 Å². The number of amides is 2. The molecule has 1 aromatic carbocycles. The molecule has 1 aliphatic rings. The first-order valence-corrected chi connectivity index (χ1v) is 6.63. The Balaban J connectivity index is 2.57. The van der Waals surface area contributed by atoms with Gasteiger partial charge >= 0.3 is 6.03 Å². The molecule has 21 heavy (non-hydrogen) atoms. The number of nitro groups is 1. The molecule has 0 spiro atoms. The van der Waals surface area contributed by atoms with E-state index in [4.69, 9.17) is 11.6 Å². The van der Waals surface area contributed by atoms with Crippen molar-refractivity contribution in [1.29, 1.82) is 0 Å². The van der Waals surface area contributed by atoms with Crippen molar-refractivity contribution in [2.75, 3.05) is 6.54 Å². The number of nitrogens with zero attached hydrogens (tertiary/aromatic N) is 2. The van der Waals surface area contributed by atoms with Crippen LogP contribution in [-0.2, 0) is 0 Å². The molecule has 0 aromatic heterocycles. The third kappa shape index (κ3) is 2.75. The number of urea groups is 1. The monoisotopic (exact) mass is 307 g/mol. The van der Waals surface area contributed by atoms with Crippen molar-refractivity contribution >= 4 is 17.6 Å². The fourth-order valence-electron chi connectivity index (χ4n) is 2.29. The minimum Gasteiger partial charge on any atom is -0.320 e. The average Bonchev–Trinajstić information content (AvgIpc) is 2.43. The molecule has 0 bridgehead atoms. The number of carbonyl (C=O) groups is 1. The van der Waals surface area contributed by atoms with Gasteiger partial charge in [0.05, 0.1) is 10.6 Å². The summed E-state index contributed by atoms with van der Waals surface area (Å²) >= 11 is 6.09. The summed E-state index contributed by atoms with van der Waals surface area (Å²) in [6.07, 6.45) is 1.51. The van der Waals surface area contributed by atoms with Gasteiger partial charge in [-0.05, 0) is 13.0 Å². The molecule has 0 radical (unpaired) electrons. The van der Waals surface area contributed by atoms with Crippen LogP contribution in [0, 0.1) is 10.1 Å². The SMILES string of the molecule is C=CCN1C(=O)NC(c2ccccc2Cl)C([N+](=O)[O-])=C1C. The quantitative estimate of drug-likeness (QED) is 0.527. The number of allylic oxidation sites excluding steroid dienone is 1. The van der Waals surface area contributed by atoms with Gasteiger partial charge in [-0.2, -0.15) is 0 Å². The normalized spacial score (nSPS) is 18.5. The molecule has 0 saturated carbocycles. The molecule has 1 aromatic rings. The van der Waals surface area contributed by atoms with E-state index in [1.54, 1.807) is 31.2 Å².